The van der Waals surface area contributed by atoms with Crippen LogP contribution in [0, 0.1) is 0 Å². The third-order valence-corrected chi connectivity index (χ3v) is 4.36. The first-order chi connectivity index (χ1) is 10.1. The summed E-state index contributed by atoms with van der Waals surface area (Å²) in [5.74, 6) is 1.79. The summed E-state index contributed by atoms with van der Waals surface area (Å²) in [6.45, 7) is 2.12. The maximum absolute atomic E-state index is 10.4. The van der Waals surface area contributed by atoms with Crippen LogP contribution < -0.4 is 4.74 Å². The second-order valence-corrected chi connectivity index (χ2v) is 6.45. The van der Waals surface area contributed by atoms with Crippen molar-refractivity contribution < 1.29 is 9.84 Å². The summed E-state index contributed by atoms with van der Waals surface area (Å²) in [6.07, 6.45) is -0.0951. The zero-order valence-corrected chi connectivity index (χ0v) is 13.7. The first-order valence-electron chi connectivity index (χ1n) is 6.87. The standard InChI is InChI=1S/C17H19ClO2S/c1-3-21-15-7-4-12(5-8-15)16(19)11-13-10-14(18)6-9-17(13)20-2/h4-10,16,19H,3,11H2,1-2H3. The van der Waals surface area contributed by atoms with Crippen molar-refractivity contribution in [2.24, 2.45) is 0 Å². The average Bonchev–Trinajstić information content (AvgIpc) is 2.48. The minimum absolute atomic E-state index is 0.476. The lowest BCUT2D eigenvalue weighted by atomic mass is 10.0. The minimum Gasteiger partial charge on any atom is -0.496 e. The molecule has 21 heavy (non-hydrogen) atoms. The lowest BCUT2D eigenvalue weighted by Gasteiger charge is -2.14. The number of hydrogen-bond acceptors (Lipinski definition) is 3. The van der Waals surface area contributed by atoms with Gasteiger partial charge in [-0.15, -0.1) is 11.8 Å². The molecule has 1 N–H and O–H groups in total. The Labute approximate surface area is 135 Å². The molecule has 0 radical (unpaired) electrons. The van der Waals surface area contributed by atoms with Crippen molar-refractivity contribution in [3.63, 3.8) is 0 Å². The highest BCUT2D eigenvalue weighted by atomic mass is 35.5. The minimum atomic E-state index is -0.571. The molecular formula is C17H19ClO2S. The van der Waals surface area contributed by atoms with E-state index in [1.165, 1.54) is 4.90 Å². The molecule has 2 aromatic rings. The van der Waals surface area contributed by atoms with Crippen molar-refractivity contribution in [1.82, 2.24) is 0 Å². The smallest absolute Gasteiger partial charge is 0.122 e. The number of aliphatic hydroxyl groups excluding tert-OH is 1. The Morgan fingerprint density at radius 2 is 1.90 bits per heavy atom. The highest BCUT2D eigenvalue weighted by Crippen LogP contribution is 2.28. The molecule has 0 saturated carbocycles. The van der Waals surface area contributed by atoms with Gasteiger partial charge in [-0.2, -0.15) is 0 Å². The largest absolute Gasteiger partial charge is 0.496 e. The number of ether oxygens (including phenoxy) is 1. The summed E-state index contributed by atoms with van der Waals surface area (Å²) in [7, 11) is 1.62. The zero-order valence-electron chi connectivity index (χ0n) is 12.2. The predicted octanol–water partition coefficient (Wildman–Crippen LogP) is 4.74. The van der Waals surface area contributed by atoms with E-state index in [2.05, 4.69) is 6.92 Å². The fourth-order valence-electron chi connectivity index (χ4n) is 2.19. The summed E-state index contributed by atoms with van der Waals surface area (Å²) >= 11 is 7.81. The second kappa shape index (κ2) is 7.74. The van der Waals surface area contributed by atoms with Gasteiger partial charge in [0, 0.05) is 16.3 Å². The van der Waals surface area contributed by atoms with Crippen molar-refractivity contribution in [3.05, 3.63) is 58.6 Å². The molecule has 4 heteroatoms. The van der Waals surface area contributed by atoms with E-state index >= 15 is 0 Å². The Hall–Kier alpha value is -1.16. The van der Waals surface area contributed by atoms with Gasteiger partial charge in [-0.25, -0.2) is 0 Å². The van der Waals surface area contributed by atoms with Gasteiger partial charge in [-0.1, -0.05) is 30.7 Å². The van der Waals surface area contributed by atoms with Crippen LogP contribution in [0.4, 0.5) is 0 Å². The SMILES string of the molecule is CCSc1ccc(C(O)Cc2cc(Cl)ccc2OC)cc1. The van der Waals surface area contributed by atoms with E-state index < -0.39 is 6.10 Å². The van der Waals surface area contributed by atoms with E-state index in [4.69, 9.17) is 16.3 Å². The van der Waals surface area contributed by atoms with Gasteiger partial charge >= 0.3 is 0 Å². The maximum Gasteiger partial charge on any atom is 0.122 e. The fourth-order valence-corrected chi connectivity index (χ4v) is 3.04. The first kappa shape index (κ1) is 16.2. The Balaban J connectivity index is 2.13. The second-order valence-electron chi connectivity index (χ2n) is 4.68. The van der Waals surface area contributed by atoms with Crippen LogP contribution in [0.25, 0.3) is 0 Å². The number of methoxy groups -OCH3 is 1. The molecule has 0 aliphatic rings. The molecule has 0 aromatic heterocycles. The molecule has 0 saturated heterocycles. The van der Waals surface area contributed by atoms with Crippen molar-refractivity contribution in [2.75, 3.05) is 12.9 Å². The summed E-state index contributed by atoms with van der Waals surface area (Å²) in [4.78, 5) is 1.22. The molecule has 0 fully saturated rings. The van der Waals surface area contributed by atoms with Gasteiger partial charge in [-0.3, -0.25) is 0 Å². The van der Waals surface area contributed by atoms with Gasteiger partial charge in [0.1, 0.15) is 5.75 Å². The molecule has 1 atom stereocenters. The molecule has 0 aliphatic heterocycles. The molecule has 1 unspecified atom stereocenters. The lowest BCUT2D eigenvalue weighted by Crippen LogP contribution is -2.03. The number of hydrogen-bond donors (Lipinski definition) is 1. The van der Waals surface area contributed by atoms with E-state index in [0.29, 0.717) is 11.4 Å². The predicted molar refractivity (Wildman–Crippen MR) is 89.5 cm³/mol. The quantitative estimate of drug-likeness (QED) is 0.779. The van der Waals surface area contributed by atoms with Gasteiger partial charge in [0.2, 0.25) is 0 Å². The third kappa shape index (κ3) is 4.40. The molecule has 0 aliphatic carbocycles. The Morgan fingerprint density at radius 1 is 1.19 bits per heavy atom. The third-order valence-electron chi connectivity index (χ3n) is 3.23. The number of aliphatic hydroxyl groups is 1. The molecule has 112 valence electrons. The van der Waals surface area contributed by atoms with Crippen LogP contribution in [0.3, 0.4) is 0 Å². The molecule has 2 nitrogen and oxygen atoms in total. The normalized spacial score (nSPS) is 12.2. The van der Waals surface area contributed by atoms with Gasteiger partial charge < -0.3 is 9.84 Å². The van der Waals surface area contributed by atoms with Gasteiger partial charge in [0.05, 0.1) is 13.2 Å². The number of benzene rings is 2. The van der Waals surface area contributed by atoms with Gasteiger partial charge in [0.15, 0.2) is 0 Å². The molecule has 0 bridgehead atoms. The summed E-state index contributed by atoms with van der Waals surface area (Å²) < 4.78 is 5.32. The van der Waals surface area contributed by atoms with Crippen LogP contribution in [0.5, 0.6) is 5.75 Å². The fraction of sp³-hybridized carbons (Fsp3) is 0.294. The van der Waals surface area contributed by atoms with E-state index in [-0.39, 0.29) is 0 Å². The molecule has 2 aromatic carbocycles. The number of rotatable bonds is 6. The van der Waals surface area contributed by atoms with Crippen LogP contribution in [0.15, 0.2) is 47.4 Å². The first-order valence-corrected chi connectivity index (χ1v) is 8.23. The van der Waals surface area contributed by atoms with Crippen LogP contribution in [-0.2, 0) is 6.42 Å². The average molecular weight is 323 g/mol. The molecule has 0 spiro atoms. The molecular weight excluding hydrogens is 304 g/mol. The van der Waals surface area contributed by atoms with E-state index in [9.17, 15) is 5.11 Å². The van der Waals surface area contributed by atoms with Crippen molar-refractivity contribution in [1.29, 1.82) is 0 Å². The molecule has 2 rings (SSSR count). The Morgan fingerprint density at radius 3 is 2.52 bits per heavy atom. The van der Waals surface area contributed by atoms with Gasteiger partial charge in [-0.05, 0) is 47.2 Å². The Bertz CT molecular complexity index is 584. The van der Waals surface area contributed by atoms with E-state index in [1.54, 1.807) is 24.9 Å². The topological polar surface area (TPSA) is 29.5 Å². The monoisotopic (exact) mass is 322 g/mol. The van der Waals surface area contributed by atoms with Crippen LogP contribution >= 0.6 is 23.4 Å². The van der Waals surface area contributed by atoms with Crippen molar-refractivity contribution in [3.8, 4) is 5.75 Å². The van der Waals surface area contributed by atoms with Crippen LogP contribution in [0.2, 0.25) is 5.02 Å². The van der Waals surface area contributed by atoms with E-state index in [0.717, 1.165) is 22.6 Å². The highest BCUT2D eigenvalue weighted by Gasteiger charge is 2.12. The Kier molecular flexibility index (Phi) is 5.97. The number of halogens is 1. The highest BCUT2D eigenvalue weighted by molar-refractivity contribution is 7.99. The summed E-state index contributed by atoms with van der Waals surface area (Å²) in [5, 5.41) is 11.0. The van der Waals surface area contributed by atoms with Crippen LogP contribution in [-0.4, -0.2) is 18.0 Å². The van der Waals surface area contributed by atoms with Crippen molar-refractivity contribution in [2.45, 2.75) is 24.3 Å². The lowest BCUT2D eigenvalue weighted by molar-refractivity contribution is 0.177. The summed E-state index contributed by atoms with van der Waals surface area (Å²) in [5.41, 5.74) is 1.81. The van der Waals surface area contributed by atoms with Crippen molar-refractivity contribution >= 4 is 23.4 Å². The van der Waals surface area contributed by atoms with Crippen LogP contribution in [0.1, 0.15) is 24.2 Å². The summed E-state index contributed by atoms with van der Waals surface area (Å²) in [6, 6.07) is 13.5. The van der Waals surface area contributed by atoms with E-state index in [1.807, 2.05) is 36.4 Å². The molecule has 0 heterocycles. The molecule has 0 amide bonds. The number of thioether (sulfide) groups is 1. The van der Waals surface area contributed by atoms with Gasteiger partial charge in [0.25, 0.3) is 0 Å². The maximum atomic E-state index is 10.4. The zero-order chi connectivity index (χ0) is 15.2.